The van der Waals surface area contributed by atoms with Crippen molar-refractivity contribution in [3.63, 3.8) is 0 Å². The van der Waals surface area contributed by atoms with Crippen molar-refractivity contribution in [3.05, 3.63) is 118 Å². The van der Waals surface area contributed by atoms with Crippen LogP contribution in [0.5, 0.6) is 11.5 Å². The second-order valence-electron chi connectivity index (χ2n) is 13.6. The van der Waals surface area contributed by atoms with E-state index in [1.807, 2.05) is 73.7 Å². The average molecular weight is 658 g/mol. The molecule has 0 saturated carbocycles. The second-order valence-corrected chi connectivity index (χ2v) is 18.4. The van der Waals surface area contributed by atoms with Crippen molar-refractivity contribution >= 4 is 14.1 Å². The van der Waals surface area contributed by atoms with E-state index < -0.39 is 31.9 Å². The molecule has 4 aromatic rings. The predicted molar refractivity (Wildman–Crippen MR) is 187 cm³/mol. The van der Waals surface area contributed by atoms with Crippen molar-refractivity contribution in [1.82, 2.24) is 9.55 Å². The highest BCUT2D eigenvalue weighted by atomic mass is 28.4. The Balaban J connectivity index is 1.60. The first-order chi connectivity index (χ1) is 22.3. The number of aromatic nitrogens is 2. The van der Waals surface area contributed by atoms with Gasteiger partial charge < -0.3 is 29.1 Å². The molecule has 3 atom stereocenters. The zero-order valence-electron chi connectivity index (χ0n) is 28.7. The summed E-state index contributed by atoms with van der Waals surface area (Å²) in [6.45, 7) is 13.1. The summed E-state index contributed by atoms with van der Waals surface area (Å²) in [5.74, 6) is 1.70. The van der Waals surface area contributed by atoms with E-state index in [1.54, 1.807) is 20.4 Å². The van der Waals surface area contributed by atoms with Gasteiger partial charge in [0.1, 0.15) is 35.2 Å². The molecule has 0 aliphatic carbocycles. The first-order valence-electron chi connectivity index (χ1n) is 16.0. The fraction of sp³-hybridized carbons (Fsp3) is 0.405. The number of nitrogens with zero attached hydrogens (tertiary/aromatic N) is 2. The van der Waals surface area contributed by atoms with Crippen molar-refractivity contribution in [1.29, 1.82) is 0 Å². The molecule has 0 radical (unpaired) electrons. The quantitative estimate of drug-likeness (QED) is 0.138. The lowest BCUT2D eigenvalue weighted by Gasteiger charge is -2.40. The lowest BCUT2D eigenvalue weighted by molar-refractivity contribution is -0.0928. The molecule has 10 heteroatoms. The molecule has 0 bridgehead atoms. The van der Waals surface area contributed by atoms with E-state index in [9.17, 15) is 4.79 Å². The molecule has 0 unspecified atom stereocenters. The Hall–Kier alpha value is -3.96. The number of benzene rings is 3. The van der Waals surface area contributed by atoms with Gasteiger partial charge in [0, 0.05) is 18.2 Å². The lowest BCUT2D eigenvalue weighted by atomic mass is 9.80. The highest BCUT2D eigenvalue weighted by Gasteiger charge is 2.47. The molecule has 1 aliphatic heterocycles. The largest absolute Gasteiger partial charge is 0.497 e. The van der Waals surface area contributed by atoms with Gasteiger partial charge in [-0.2, -0.15) is 4.98 Å². The van der Waals surface area contributed by atoms with Crippen LogP contribution in [0.1, 0.15) is 55.7 Å². The summed E-state index contributed by atoms with van der Waals surface area (Å²) in [6.07, 6.45) is 0.773. The minimum atomic E-state index is -2.25. The van der Waals surface area contributed by atoms with Crippen molar-refractivity contribution in [2.45, 2.75) is 76.3 Å². The SMILES string of the molecule is COc1ccc(C(OC[C@H]2O[C@@H](n3cc(C)c(N)nc3=O)C[C@H]2O[Si](C)(C)C(C)(C)C)(c2ccccc2)c2ccc(OC)cc2)cc1. The van der Waals surface area contributed by atoms with Gasteiger partial charge in [0.25, 0.3) is 0 Å². The molecule has 1 saturated heterocycles. The van der Waals surface area contributed by atoms with Crippen LogP contribution in [0.4, 0.5) is 5.82 Å². The van der Waals surface area contributed by atoms with Crippen LogP contribution in [0.3, 0.4) is 0 Å². The van der Waals surface area contributed by atoms with Crippen LogP contribution in [0.2, 0.25) is 18.1 Å². The Morgan fingerprint density at radius 1 is 0.894 bits per heavy atom. The zero-order chi connectivity index (χ0) is 34.0. The molecule has 1 fully saturated rings. The van der Waals surface area contributed by atoms with Crippen molar-refractivity contribution in [2.24, 2.45) is 0 Å². The van der Waals surface area contributed by atoms with Crippen LogP contribution < -0.4 is 20.9 Å². The van der Waals surface area contributed by atoms with Gasteiger partial charge in [-0.25, -0.2) is 4.79 Å². The molecular formula is C37H47N3O6Si. The van der Waals surface area contributed by atoms with Crippen LogP contribution in [0.15, 0.2) is 89.9 Å². The Morgan fingerprint density at radius 3 is 1.94 bits per heavy atom. The molecule has 250 valence electrons. The van der Waals surface area contributed by atoms with Crippen molar-refractivity contribution in [2.75, 3.05) is 26.6 Å². The van der Waals surface area contributed by atoms with Crippen LogP contribution in [-0.4, -0.2) is 50.9 Å². The molecule has 9 nitrogen and oxygen atoms in total. The third kappa shape index (κ3) is 7.01. The van der Waals surface area contributed by atoms with Crippen LogP contribution in [-0.2, 0) is 19.5 Å². The van der Waals surface area contributed by atoms with E-state index in [1.165, 1.54) is 4.57 Å². The van der Waals surface area contributed by atoms with E-state index in [2.05, 4.69) is 51.0 Å². The van der Waals surface area contributed by atoms with Gasteiger partial charge in [0.05, 0.1) is 26.9 Å². The molecular weight excluding hydrogens is 611 g/mol. The normalized spacial score (nSPS) is 18.7. The molecule has 5 rings (SSSR count). The number of methoxy groups -OCH3 is 2. The molecule has 0 spiro atoms. The van der Waals surface area contributed by atoms with Gasteiger partial charge in [-0.3, -0.25) is 4.57 Å². The number of nitrogens with two attached hydrogens (primary N) is 1. The summed E-state index contributed by atoms with van der Waals surface area (Å²) >= 11 is 0. The van der Waals surface area contributed by atoms with Gasteiger partial charge in [-0.1, -0.05) is 75.4 Å². The second kappa shape index (κ2) is 13.6. The van der Waals surface area contributed by atoms with E-state index >= 15 is 0 Å². The van der Waals surface area contributed by atoms with Crippen molar-refractivity contribution in [3.8, 4) is 11.5 Å². The topological polar surface area (TPSA) is 107 Å². The molecule has 1 aliphatic rings. The van der Waals surface area contributed by atoms with E-state index in [4.69, 9.17) is 29.1 Å². The summed E-state index contributed by atoms with van der Waals surface area (Å²) in [6, 6.07) is 26.0. The van der Waals surface area contributed by atoms with Gasteiger partial charge >= 0.3 is 5.69 Å². The monoisotopic (exact) mass is 657 g/mol. The number of ether oxygens (including phenoxy) is 4. The smallest absolute Gasteiger partial charge is 0.351 e. The standard InChI is InChI=1S/C37H47N3O6Si/c1-25-23-40(35(41)39-34(25)38)33-22-31(46-47(7,8)36(2,3)4)32(45-33)24-44-37(26-12-10-9-11-13-26,27-14-18-29(42-5)19-15-27)28-16-20-30(43-6)21-17-28/h9-21,23,31-33H,22,24H2,1-8H3,(H2,38,39,41)/t31-,32-,33-/m1/s1. The zero-order valence-corrected chi connectivity index (χ0v) is 29.7. The summed E-state index contributed by atoms with van der Waals surface area (Å²) in [5.41, 5.74) is 7.95. The van der Waals surface area contributed by atoms with Crippen LogP contribution >= 0.6 is 0 Å². The number of hydrogen-bond acceptors (Lipinski definition) is 8. The Bertz CT molecular complexity index is 1650. The molecule has 0 amide bonds. The summed E-state index contributed by atoms with van der Waals surface area (Å²) in [7, 11) is 1.05. The van der Waals surface area contributed by atoms with Crippen LogP contribution in [0, 0.1) is 6.92 Å². The maximum Gasteiger partial charge on any atom is 0.351 e. The maximum atomic E-state index is 13.0. The van der Waals surface area contributed by atoms with E-state index in [0.29, 0.717) is 12.0 Å². The van der Waals surface area contributed by atoms with Gasteiger partial charge in [0.2, 0.25) is 0 Å². The molecule has 2 N–H and O–H groups in total. The average Bonchev–Trinajstić information content (AvgIpc) is 3.45. The minimum Gasteiger partial charge on any atom is -0.497 e. The molecule has 2 heterocycles. The van der Waals surface area contributed by atoms with E-state index in [-0.39, 0.29) is 23.6 Å². The summed E-state index contributed by atoms with van der Waals surface area (Å²) in [5, 5.41) is -0.0351. The fourth-order valence-corrected chi connectivity index (χ4v) is 7.13. The number of nitrogen functional groups attached to an aromatic ring is 1. The number of anilines is 1. The minimum absolute atomic E-state index is 0.0351. The molecule has 47 heavy (non-hydrogen) atoms. The van der Waals surface area contributed by atoms with Gasteiger partial charge in [0.15, 0.2) is 8.32 Å². The van der Waals surface area contributed by atoms with Gasteiger partial charge in [-0.05, 0) is 66.0 Å². The number of hydrogen-bond donors (Lipinski definition) is 1. The highest BCUT2D eigenvalue weighted by molar-refractivity contribution is 6.74. The summed E-state index contributed by atoms with van der Waals surface area (Å²) in [4.78, 5) is 17.1. The van der Waals surface area contributed by atoms with Crippen molar-refractivity contribution < 1.29 is 23.4 Å². The lowest BCUT2D eigenvalue weighted by Crippen LogP contribution is -2.47. The fourth-order valence-electron chi connectivity index (χ4n) is 5.77. The molecule has 1 aromatic heterocycles. The van der Waals surface area contributed by atoms with Crippen LogP contribution in [0.25, 0.3) is 0 Å². The number of rotatable bonds is 11. The predicted octanol–water partition coefficient (Wildman–Crippen LogP) is 6.84. The first kappa shape index (κ1) is 34.4. The summed E-state index contributed by atoms with van der Waals surface area (Å²) < 4.78 is 33.4. The Kier molecular flexibility index (Phi) is 9.98. The Morgan fingerprint density at radius 2 is 1.43 bits per heavy atom. The third-order valence-corrected chi connectivity index (χ3v) is 14.1. The third-order valence-electron chi connectivity index (χ3n) is 9.55. The molecule has 3 aromatic carbocycles. The Labute approximate surface area is 278 Å². The number of aryl methyl sites for hydroxylation is 1. The highest BCUT2D eigenvalue weighted by Crippen LogP contribution is 2.44. The van der Waals surface area contributed by atoms with E-state index in [0.717, 1.165) is 28.2 Å². The van der Waals surface area contributed by atoms with Gasteiger partial charge in [-0.15, -0.1) is 0 Å². The first-order valence-corrected chi connectivity index (χ1v) is 18.9. The maximum absolute atomic E-state index is 13.0.